The molecule has 0 radical (unpaired) electrons. The van der Waals surface area contributed by atoms with Gasteiger partial charge in [-0.25, -0.2) is 4.79 Å². The molecule has 3 rings (SSSR count). The fourth-order valence-corrected chi connectivity index (χ4v) is 2.49. The van der Waals surface area contributed by atoms with E-state index in [1.54, 1.807) is 42.6 Å². The summed E-state index contributed by atoms with van der Waals surface area (Å²) in [5.74, 6) is -1.37. The quantitative estimate of drug-likeness (QED) is 0.575. The predicted octanol–water partition coefficient (Wildman–Crippen LogP) is 3.02. The number of nitrogens with two attached hydrogens (primary N) is 1. The first-order valence-electron chi connectivity index (χ1n) is 7.72. The molecule has 5 heteroatoms. The highest BCUT2D eigenvalue weighted by atomic mass is 16.5. The van der Waals surface area contributed by atoms with Crippen LogP contribution in [0.1, 0.15) is 17.2 Å². The van der Waals surface area contributed by atoms with E-state index in [0.717, 1.165) is 16.5 Å². The molecule has 1 amide bonds. The SMILES string of the molecule is NC(=O)[C@@H](OC(=O)/C=C/c1cccc2cccnc12)c1ccccc1. The number of primary amides is 1. The lowest BCUT2D eigenvalue weighted by molar-refractivity contribution is -0.150. The molecular formula is C20H16N2O3. The molecule has 0 spiro atoms. The fourth-order valence-electron chi connectivity index (χ4n) is 2.49. The van der Waals surface area contributed by atoms with Gasteiger partial charge in [-0.2, -0.15) is 0 Å². The number of carbonyl (C=O) groups is 2. The van der Waals surface area contributed by atoms with E-state index in [4.69, 9.17) is 10.5 Å². The van der Waals surface area contributed by atoms with Gasteiger partial charge in [0.1, 0.15) is 0 Å². The Labute approximate surface area is 144 Å². The monoisotopic (exact) mass is 332 g/mol. The predicted molar refractivity (Wildman–Crippen MR) is 95.2 cm³/mol. The highest BCUT2D eigenvalue weighted by Gasteiger charge is 2.21. The highest BCUT2D eigenvalue weighted by molar-refractivity contribution is 5.94. The van der Waals surface area contributed by atoms with Crippen LogP contribution >= 0.6 is 0 Å². The van der Waals surface area contributed by atoms with Crippen molar-refractivity contribution in [3.8, 4) is 0 Å². The number of nitrogens with zero attached hydrogens (tertiary/aromatic N) is 1. The number of amides is 1. The summed E-state index contributed by atoms with van der Waals surface area (Å²) in [5, 5.41) is 0.970. The maximum Gasteiger partial charge on any atom is 0.331 e. The molecular weight excluding hydrogens is 316 g/mol. The summed E-state index contributed by atoms with van der Waals surface area (Å²) < 4.78 is 5.21. The van der Waals surface area contributed by atoms with Crippen molar-refractivity contribution in [3.05, 3.63) is 84.1 Å². The van der Waals surface area contributed by atoms with E-state index in [-0.39, 0.29) is 0 Å². The number of esters is 1. The first-order valence-corrected chi connectivity index (χ1v) is 7.72. The number of para-hydroxylation sites is 1. The molecule has 0 saturated heterocycles. The second kappa shape index (κ2) is 7.40. The van der Waals surface area contributed by atoms with Crippen molar-refractivity contribution in [2.24, 2.45) is 5.73 Å². The molecule has 3 aromatic rings. The lowest BCUT2D eigenvalue weighted by Gasteiger charge is -2.13. The van der Waals surface area contributed by atoms with Gasteiger partial charge in [0.25, 0.3) is 5.91 Å². The van der Waals surface area contributed by atoms with Gasteiger partial charge in [-0.1, -0.05) is 54.6 Å². The molecule has 0 bridgehead atoms. The maximum absolute atomic E-state index is 12.1. The molecule has 0 saturated carbocycles. The van der Waals surface area contributed by atoms with Gasteiger partial charge in [-0.05, 0) is 12.1 Å². The third kappa shape index (κ3) is 3.90. The molecule has 1 aromatic heterocycles. The first kappa shape index (κ1) is 16.4. The van der Waals surface area contributed by atoms with Crippen LogP contribution < -0.4 is 5.73 Å². The standard InChI is InChI=1S/C20H16N2O3/c21-20(24)19(16-6-2-1-3-7-16)25-17(23)12-11-15-9-4-8-14-10-5-13-22-18(14)15/h1-13,19H,(H2,21,24)/b12-11+/t19-/m0/s1. The molecule has 124 valence electrons. The average Bonchev–Trinajstić information content (AvgIpc) is 2.65. The second-order valence-electron chi connectivity index (χ2n) is 5.39. The van der Waals surface area contributed by atoms with E-state index in [1.165, 1.54) is 6.08 Å². The number of rotatable bonds is 5. The smallest absolute Gasteiger partial charge is 0.331 e. The Morgan fingerprint density at radius 1 is 1.00 bits per heavy atom. The number of ether oxygens (including phenoxy) is 1. The molecule has 1 atom stereocenters. The van der Waals surface area contributed by atoms with Crippen molar-refractivity contribution < 1.29 is 14.3 Å². The van der Waals surface area contributed by atoms with Gasteiger partial charge in [0.15, 0.2) is 0 Å². The number of carbonyl (C=O) groups excluding carboxylic acids is 2. The van der Waals surface area contributed by atoms with E-state index in [2.05, 4.69) is 4.98 Å². The zero-order valence-corrected chi connectivity index (χ0v) is 13.3. The highest BCUT2D eigenvalue weighted by Crippen LogP contribution is 2.19. The maximum atomic E-state index is 12.1. The van der Waals surface area contributed by atoms with E-state index >= 15 is 0 Å². The summed E-state index contributed by atoms with van der Waals surface area (Å²) in [7, 11) is 0. The zero-order chi connectivity index (χ0) is 17.6. The number of aromatic nitrogens is 1. The Morgan fingerprint density at radius 3 is 2.52 bits per heavy atom. The van der Waals surface area contributed by atoms with Crippen LogP contribution in [0.25, 0.3) is 17.0 Å². The number of fused-ring (bicyclic) bond motifs is 1. The number of pyridine rings is 1. The topological polar surface area (TPSA) is 82.3 Å². The summed E-state index contributed by atoms with van der Waals surface area (Å²) in [6, 6.07) is 18.1. The number of hydrogen-bond acceptors (Lipinski definition) is 4. The minimum Gasteiger partial charge on any atom is -0.444 e. The van der Waals surface area contributed by atoms with Gasteiger partial charge in [0.05, 0.1) is 5.52 Å². The van der Waals surface area contributed by atoms with Gasteiger partial charge in [-0.3, -0.25) is 9.78 Å². The Balaban J connectivity index is 1.79. The first-order chi connectivity index (χ1) is 12.1. The minimum atomic E-state index is -1.12. The molecule has 25 heavy (non-hydrogen) atoms. The van der Waals surface area contributed by atoms with Crippen LogP contribution in [0.5, 0.6) is 0 Å². The lowest BCUT2D eigenvalue weighted by Crippen LogP contribution is -2.25. The molecule has 5 nitrogen and oxygen atoms in total. The van der Waals surface area contributed by atoms with Crippen LogP contribution in [0.2, 0.25) is 0 Å². The third-order valence-corrected chi connectivity index (χ3v) is 3.66. The molecule has 0 unspecified atom stereocenters. The van der Waals surface area contributed by atoms with Crippen molar-refractivity contribution in [3.63, 3.8) is 0 Å². The molecule has 2 aromatic carbocycles. The van der Waals surface area contributed by atoms with E-state index < -0.39 is 18.0 Å². The van der Waals surface area contributed by atoms with E-state index in [0.29, 0.717) is 5.56 Å². The van der Waals surface area contributed by atoms with Gasteiger partial charge in [-0.15, -0.1) is 0 Å². The summed E-state index contributed by atoms with van der Waals surface area (Å²) in [6.07, 6.45) is 3.45. The normalized spacial score (nSPS) is 12.2. The van der Waals surface area contributed by atoms with Crippen LogP contribution in [0.3, 0.4) is 0 Å². The largest absolute Gasteiger partial charge is 0.444 e. The van der Waals surface area contributed by atoms with Crippen LogP contribution in [0.15, 0.2) is 72.9 Å². The Hall–Kier alpha value is -3.47. The third-order valence-electron chi connectivity index (χ3n) is 3.66. The molecule has 2 N–H and O–H groups in total. The summed E-state index contributed by atoms with van der Waals surface area (Å²) >= 11 is 0. The van der Waals surface area contributed by atoms with E-state index in [9.17, 15) is 9.59 Å². The summed E-state index contributed by atoms with van der Waals surface area (Å²) in [6.45, 7) is 0. The Kier molecular flexibility index (Phi) is 4.85. The number of hydrogen-bond donors (Lipinski definition) is 1. The van der Waals surface area contributed by atoms with Crippen LogP contribution in [0, 0.1) is 0 Å². The van der Waals surface area contributed by atoms with Crippen LogP contribution in [-0.2, 0) is 14.3 Å². The molecule has 0 aliphatic heterocycles. The fraction of sp³-hybridized carbons (Fsp3) is 0.0500. The summed E-state index contributed by atoms with van der Waals surface area (Å²) in [4.78, 5) is 28.0. The molecule has 0 fully saturated rings. The zero-order valence-electron chi connectivity index (χ0n) is 13.3. The van der Waals surface area contributed by atoms with Crippen molar-refractivity contribution in [2.75, 3.05) is 0 Å². The average molecular weight is 332 g/mol. The molecule has 0 aliphatic rings. The van der Waals surface area contributed by atoms with Gasteiger partial charge in [0, 0.05) is 28.8 Å². The van der Waals surface area contributed by atoms with Crippen molar-refractivity contribution >= 4 is 28.9 Å². The lowest BCUT2D eigenvalue weighted by atomic mass is 10.1. The van der Waals surface area contributed by atoms with Gasteiger partial charge >= 0.3 is 5.97 Å². The molecule has 0 aliphatic carbocycles. The van der Waals surface area contributed by atoms with E-state index in [1.807, 2.05) is 30.3 Å². The Morgan fingerprint density at radius 2 is 1.76 bits per heavy atom. The molecule has 1 heterocycles. The minimum absolute atomic E-state index is 0.531. The Bertz CT molecular complexity index is 931. The van der Waals surface area contributed by atoms with Crippen LogP contribution in [0.4, 0.5) is 0 Å². The van der Waals surface area contributed by atoms with Crippen LogP contribution in [-0.4, -0.2) is 16.9 Å². The van der Waals surface area contributed by atoms with Crippen molar-refractivity contribution in [1.82, 2.24) is 4.98 Å². The van der Waals surface area contributed by atoms with Crippen molar-refractivity contribution in [1.29, 1.82) is 0 Å². The van der Waals surface area contributed by atoms with Gasteiger partial charge in [0.2, 0.25) is 6.10 Å². The van der Waals surface area contributed by atoms with Gasteiger partial charge < -0.3 is 10.5 Å². The summed E-state index contributed by atoms with van der Waals surface area (Å²) in [5.41, 5.74) is 7.44. The second-order valence-corrected chi connectivity index (χ2v) is 5.39. The van der Waals surface area contributed by atoms with Crippen molar-refractivity contribution in [2.45, 2.75) is 6.10 Å². The number of benzene rings is 2.